The lowest BCUT2D eigenvalue weighted by atomic mass is 10.0. The molecule has 55 heavy (non-hydrogen) atoms. The zero-order chi connectivity index (χ0) is 36.3. The van der Waals surface area contributed by atoms with E-state index >= 15 is 0 Å². The molecule has 0 radical (unpaired) electrons. The number of fused-ring (bicyclic) bond motifs is 9. The van der Waals surface area contributed by atoms with Gasteiger partial charge in [0.2, 0.25) is 5.89 Å². The molecule has 11 rings (SSSR count). The number of anilines is 3. The van der Waals surface area contributed by atoms with Gasteiger partial charge in [-0.25, -0.2) is 4.98 Å². The second kappa shape index (κ2) is 12.6. The Bertz CT molecular complexity index is 3120. The summed E-state index contributed by atoms with van der Waals surface area (Å²) >= 11 is 0. The van der Waals surface area contributed by atoms with Gasteiger partial charge >= 0.3 is 0 Å². The number of benzene rings is 9. The van der Waals surface area contributed by atoms with Gasteiger partial charge in [-0.05, 0) is 82.6 Å². The van der Waals surface area contributed by atoms with Crippen LogP contribution >= 0.6 is 0 Å². The predicted molar refractivity (Wildman–Crippen MR) is 229 cm³/mol. The normalized spacial score (nSPS) is 11.6. The lowest BCUT2D eigenvalue weighted by molar-refractivity contribution is 0.623. The molecule has 2 heterocycles. The number of rotatable bonds is 6. The Morgan fingerprint density at radius 2 is 1.02 bits per heavy atom. The fourth-order valence-electron chi connectivity index (χ4n) is 8.31. The van der Waals surface area contributed by atoms with E-state index < -0.39 is 0 Å². The summed E-state index contributed by atoms with van der Waals surface area (Å²) < 4.78 is 9.04. The van der Waals surface area contributed by atoms with Crippen LogP contribution in [0, 0.1) is 0 Å². The number of para-hydroxylation sites is 3. The van der Waals surface area contributed by atoms with Crippen molar-refractivity contribution in [2.24, 2.45) is 0 Å². The molecule has 0 spiro atoms. The van der Waals surface area contributed by atoms with E-state index in [9.17, 15) is 0 Å². The van der Waals surface area contributed by atoms with Crippen LogP contribution in [-0.4, -0.2) is 9.55 Å². The van der Waals surface area contributed by atoms with Crippen molar-refractivity contribution in [1.82, 2.24) is 9.55 Å². The van der Waals surface area contributed by atoms with Crippen LogP contribution in [0.2, 0.25) is 0 Å². The molecule has 0 unspecified atom stereocenters. The highest BCUT2D eigenvalue weighted by atomic mass is 16.3. The zero-order valence-corrected chi connectivity index (χ0v) is 29.8. The Kier molecular flexibility index (Phi) is 7.14. The molecule has 0 bridgehead atoms. The summed E-state index contributed by atoms with van der Waals surface area (Å²) in [6.45, 7) is 0. The minimum absolute atomic E-state index is 0.604. The molecule has 258 valence electrons. The van der Waals surface area contributed by atoms with Crippen LogP contribution < -0.4 is 4.90 Å². The van der Waals surface area contributed by atoms with Crippen molar-refractivity contribution < 1.29 is 4.42 Å². The first-order valence-electron chi connectivity index (χ1n) is 18.6. The van der Waals surface area contributed by atoms with Crippen LogP contribution in [0.15, 0.2) is 205 Å². The third-order valence-electron chi connectivity index (χ3n) is 10.8. The number of nitrogens with zero attached hydrogens (tertiary/aromatic N) is 3. The lowest BCUT2D eigenvalue weighted by Gasteiger charge is -2.27. The van der Waals surface area contributed by atoms with Crippen LogP contribution in [0.25, 0.3) is 82.7 Å². The van der Waals surface area contributed by atoms with E-state index in [1.807, 2.05) is 0 Å². The molecule has 0 atom stereocenters. The first kappa shape index (κ1) is 31.1. The Hall–Kier alpha value is -7.43. The van der Waals surface area contributed by atoms with Crippen molar-refractivity contribution in [2.45, 2.75) is 0 Å². The summed E-state index contributed by atoms with van der Waals surface area (Å²) in [6.07, 6.45) is 0. The third-order valence-corrected chi connectivity index (χ3v) is 10.8. The van der Waals surface area contributed by atoms with E-state index in [0.717, 1.165) is 61.3 Å². The molecule has 0 N–H and O–H groups in total. The number of aromatic nitrogens is 2. The molecule has 0 aliphatic heterocycles. The summed E-state index contributed by atoms with van der Waals surface area (Å²) in [5, 5.41) is 6.92. The maximum Gasteiger partial charge on any atom is 0.227 e. The maximum absolute atomic E-state index is 6.64. The summed E-state index contributed by atoms with van der Waals surface area (Å²) in [5.74, 6) is 0.604. The Balaban J connectivity index is 1.12. The summed E-state index contributed by atoms with van der Waals surface area (Å²) in [6, 6.07) is 70.9. The molecule has 0 amide bonds. The number of oxazole rings is 1. The van der Waals surface area contributed by atoms with Crippen molar-refractivity contribution in [3.8, 4) is 28.3 Å². The van der Waals surface area contributed by atoms with E-state index in [1.165, 1.54) is 32.6 Å². The van der Waals surface area contributed by atoms with Gasteiger partial charge in [0, 0.05) is 44.2 Å². The van der Waals surface area contributed by atoms with Crippen molar-refractivity contribution in [2.75, 3.05) is 4.90 Å². The topological polar surface area (TPSA) is 34.2 Å². The molecule has 2 aromatic heterocycles. The quantitative estimate of drug-likeness (QED) is 0.162. The molecule has 0 fully saturated rings. The van der Waals surface area contributed by atoms with Gasteiger partial charge in [0.15, 0.2) is 5.58 Å². The minimum Gasteiger partial charge on any atom is -0.435 e. The average molecular weight is 704 g/mol. The van der Waals surface area contributed by atoms with E-state index in [2.05, 4.69) is 210 Å². The van der Waals surface area contributed by atoms with Gasteiger partial charge < -0.3 is 13.9 Å². The zero-order valence-electron chi connectivity index (χ0n) is 29.8. The van der Waals surface area contributed by atoms with Gasteiger partial charge in [0.05, 0.1) is 16.7 Å². The third kappa shape index (κ3) is 5.03. The predicted octanol–water partition coefficient (Wildman–Crippen LogP) is 14.0. The average Bonchev–Trinajstić information content (AvgIpc) is 3.86. The van der Waals surface area contributed by atoms with Crippen LogP contribution in [0.1, 0.15) is 0 Å². The van der Waals surface area contributed by atoms with Gasteiger partial charge in [-0.3, -0.25) is 0 Å². The van der Waals surface area contributed by atoms with Crippen LogP contribution in [-0.2, 0) is 0 Å². The SMILES string of the molecule is c1ccc(-c2cccc(N(c3ccc(-c4nc5c6ccccc6c6ccccc6c5o4)cc3)c3cccc4c5ccccc5n(-c5ccccc5)c34)c2)cc1. The van der Waals surface area contributed by atoms with Gasteiger partial charge in [-0.1, -0.05) is 140 Å². The summed E-state index contributed by atoms with van der Waals surface area (Å²) in [7, 11) is 0. The van der Waals surface area contributed by atoms with Crippen LogP contribution in [0.3, 0.4) is 0 Å². The molecule has 4 nitrogen and oxygen atoms in total. The Morgan fingerprint density at radius 3 is 1.80 bits per heavy atom. The molecular weight excluding hydrogens is 671 g/mol. The molecule has 9 aromatic carbocycles. The molecule has 0 aliphatic carbocycles. The van der Waals surface area contributed by atoms with Crippen LogP contribution in [0.4, 0.5) is 17.1 Å². The molecule has 0 aliphatic rings. The summed E-state index contributed by atoms with van der Waals surface area (Å²) in [4.78, 5) is 7.50. The lowest BCUT2D eigenvalue weighted by Crippen LogP contribution is -2.11. The van der Waals surface area contributed by atoms with Gasteiger partial charge in [-0.2, -0.15) is 0 Å². The first-order valence-corrected chi connectivity index (χ1v) is 18.6. The first-order chi connectivity index (χ1) is 27.3. The largest absolute Gasteiger partial charge is 0.435 e. The fourth-order valence-corrected chi connectivity index (χ4v) is 8.31. The number of hydrogen-bond acceptors (Lipinski definition) is 3. The summed E-state index contributed by atoms with van der Waals surface area (Å²) in [5.41, 5.74) is 11.5. The van der Waals surface area contributed by atoms with Gasteiger partial charge in [-0.15, -0.1) is 0 Å². The standard InChI is InChI=1S/C51H33N3O/c1-3-15-34(16-4-1)36-17-13-20-39(33-36)53(47-28-14-26-44-42-23-11-12-27-46(42)54(49(44)47)37-18-5-2-6-19-37)38-31-29-35(30-32-38)51-52-48-43-24-9-7-21-40(43)41-22-8-10-25-45(41)50(48)55-51/h1-33H. The van der Waals surface area contributed by atoms with Crippen molar-refractivity contribution in [1.29, 1.82) is 0 Å². The Morgan fingerprint density at radius 1 is 0.418 bits per heavy atom. The smallest absolute Gasteiger partial charge is 0.227 e. The molecular formula is C51H33N3O. The Labute approximate surface area is 317 Å². The van der Waals surface area contributed by atoms with Crippen molar-refractivity contribution in [3.63, 3.8) is 0 Å². The number of hydrogen-bond donors (Lipinski definition) is 0. The van der Waals surface area contributed by atoms with Gasteiger partial charge in [0.1, 0.15) is 5.52 Å². The van der Waals surface area contributed by atoms with Crippen molar-refractivity contribution >= 4 is 71.5 Å². The second-order valence-electron chi connectivity index (χ2n) is 13.9. The van der Waals surface area contributed by atoms with E-state index in [-0.39, 0.29) is 0 Å². The van der Waals surface area contributed by atoms with Crippen molar-refractivity contribution in [3.05, 3.63) is 200 Å². The van der Waals surface area contributed by atoms with Gasteiger partial charge in [0.25, 0.3) is 0 Å². The highest BCUT2D eigenvalue weighted by Gasteiger charge is 2.22. The van der Waals surface area contributed by atoms with E-state index in [0.29, 0.717) is 5.89 Å². The van der Waals surface area contributed by atoms with E-state index in [4.69, 9.17) is 9.40 Å². The second-order valence-corrected chi connectivity index (χ2v) is 13.9. The molecule has 11 aromatic rings. The van der Waals surface area contributed by atoms with Crippen LogP contribution in [0.5, 0.6) is 0 Å². The highest BCUT2D eigenvalue weighted by Crippen LogP contribution is 2.45. The molecule has 0 saturated heterocycles. The molecule has 4 heteroatoms. The monoisotopic (exact) mass is 703 g/mol. The maximum atomic E-state index is 6.64. The minimum atomic E-state index is 0.604. The van der Waals surface area contributed by atoms with E-state index in [1.54, 1.807) is 0 Å². The molecule has 0 saturated carbocycles. The fraction of sp³-hybridized carbons (Fsp3) is 0. The highest BCUT2D eigenvalue weighted by molar-refractivity contribution is 6.23.